The Morgan fingerprint density at radius 2 is 2.43 bits per heavy atom. The van der Waals surface area contributed by atoms with Gasteiger partial charge in [-0.15, -0.1) is 0 Å². The van der Waals surface area contributed by atoms with Crippen LogP contribution in [0.5, 0.6) is 0 Å². The van der Waals surface area contributed by atoms with Gasteiger partial charge in [-0.1, -0.05) is 11.6 Å². The number of anilines is 1. The maximum Gasteiger partial charge on any atom is 0.146 e. The van der Waals surface area contributed by atoms with Crippen LogP contribution in [0.4, 0.5) is 5.82 Å². The van der Waals surface area contributed by atoms with Crippen LogP contribution in [0.2, 0.25) is 5.02 Å². The Labute approximate surface area is 87.7 Å². The van der Waals surface area contributed by atoms with Gasteiger partial charge in [0.2, 0.25) is 0 Å². The zero-order valence-electron chi connectivity index (χ0n) is 7.63. The van der Waals surface area contributed by atoms with Crippen molar-refractivity contribution in [2.24, 2.45) is 5.73 Å². The molecule has 4 nitrogen and oxygen atoms in total. The van der Waals surface area contributed by atoms with Crippen LogP contribution >= 0.6 is 11.6 Å². The number of pyridine rings is 1. The lowest BCUT2D eigenvalue weighted by molar-refractivity contribution is 0.870. The molecule has 0 atom stereocenters. The molecule has 1 rings (SSSR count). The molecule has 0 fully saturated rings. The number of hydrogen-bond donors (Lipinski definition) is 2. The summed E-state index contributed by atoms with van der Waals surface area (Å²) < 4.78 is 0. The molecule has 0 saturated heterocycles. The standard InChI is InChI=1S/C9H11ClN4/c10-8-7(6-12)2-5-14-9(8)13-4-1-3-11/h2,5H,1,3-4,11H2,(H,13,14). The molecular weight excluding hydrogens is 200 g/mol. The van der Waals surface area contributed by atoms with Gasteiger partial charge in [-0.25, -0.2) is 4.98 Å². The summed E-state index contributed by atoms with van der Waals surface area (Å²) in [5.74, 6) is 0.541. The molecule has 0 unspecified atom stereocenters. The average Bonchev–Trinajstić information content (AvgIpc) is 2.21. The fraction of sp³-hybridized carbons (Fsp3) is 0.333. The molecule has 5 heteroatoms. The van der Waals surface area contributed by atoms with E-state index in [9.17, 15) is 0 Å². The molecule has 1 heterocycles. The molecule has 1 aromatic rings. The topological polar surface area (TPSA) is 74.7 Å². The number of nitrogens with zero attached hydrogens (tertiary/aromatic N) is 2. The fourth-order valence-electron chi connectivity index (χ4n) is 0.962. The minimum atomic E-state index is 0.368. The molecule has 0 radical (unpaired) electrons. The third-order valence-electron chi connectivity index (χ3n) is 1.68. The molecular formula is C9H11ClN4. The second-order valence-electron chi connectivity index (χ2n) is 2.70. The van der Waals surface area contributed by atoms with Gasteiger partial charge in [0.15, 0.2) is 0 Å². The van der Waals surface area contributed by atoms with E-state index in [-0.39, 0.29) is 0 Å². The molecule has 0 aliphatic rings. The van der Waals surface area contributed by atoms with Gasteiger partial charge in [0, 0.05) is 12.7 Å². The van der Waals surface area contributed by atoms with Crippen LogP contribution in [0.25, 0.3) is 0 Å². The van der Waals surface area contributed by atoms with Crippen LogP contribution in [0.15, 0.2) is 12.3 Å². The van der Waals surface area contributed by atoms with Crippen LogP contribution in [0.1, 0.15) is 12.0 Å². The number of aromatic nitrogens is 1. The van der Waals surface area contributed by atoms with E-state index in [1.54, 1.807) is 12.3 Å². The highest BCUT2D eigenvalue weighted by Gasteiger charge is 2.05. The summed E-state index contributed by atoms with van der Waals surface area (Å²) in [6.07, 6.45) is 2.39. The first-order valence-corrected chi connectivity index (χ1v) is 4.66. The zero-order chi connectivity index (χ0) is 10.4. The summed E-state index contributed by atoms with van der Waals surface area (Å²) in [6, 6.07) is 3.57. The van der Waals surface area contributed by atoms with Crippen molar-refractivity contribution in [1.82, 2.24) is 4.98 Å². The highest BCUT2D eigenvalue weighted by Crippen LogP contribution is 2.22. The monoisotopic (exact) mass is 210 g/mol. The molecule has 0 saturated carbocycles. The van der Waals surface area contributed by atoms with Crippen molar-refractivity contribution in [3.8, 4) is 6.07 Å². The Hall–Kier alpha value is -1.31. The second-order valence-corrected chi connectivity index (χ2v) is 3.08. The maximum atomic E-state index is 8.70. The highest BCUT2D eigenvalue weighted by molar-refractivity contribution is 6.34. The molecule has 3 N–H and O–H groups in total. The summed E-state index contributed by atoms with van der Waals surface area (Å²) in [7, 11) is 0. The molecule has 1 aromatic heterocycles. The number of hydrogen-bond acceptors (Lipinski definition) is 4. The van der Waals surface area contributed by atoms with E-state index in [0.717, 1.165) is 6.42 Å². The van der Waals surface area contributed by atoms with Crippen LogP contribution < -0.4 is 11.1 Å². The fourth-order valence-corrected chi connectivity index (χ4v) is 1.18. The van der Waals surface area contributed by atoms with Crippen LogP contribution in [-0.4, -0.2) is 18.1 Å². The van der Waals surface area contributed by atoms with E-state index in [1.165, 1.54) is 0 Å². The number of rotatable bonds is 4. The van der Waals surface area contributed by atoms with Crippen molar-refractivity contribution >= 4 is 17.4 Å². The molecule has 0 bridgehead atoms. The number of nitrogens with two attached hydrogens (primary N) is 1. The van der Waals surface area contributed by atoms with Gasteiger partial charge in [-0.05, 0) is 19.0 Å². The first-order valence-electron chi connectivity index (χ1n) is 4.28. The lowest BCUT2D eigenvalue weighted by Gasteiger charge is -2.06. The van der Waals surface area contributed by atoms with E-state index in [4.69, 9.17) is 22.6 Å². The molecule has 14 heavy (non-hydrogen) atoms. The second kappa shape index (κ2) is 5.43. The van der Waals surface area contributed by atoms with Crippen molar-refractivity contribution in [1.29, 1.82) is 5.26 Å². The van der Waals surface area contributed by atoms with Gasteiger partial charge in [0.25, 0.3) is 0 Å². The number of nitriles is 1. The number of halogens is 1. The van der Waals surface area contributed by atoms with Gasteiger partial charge in [0.05, 0.1) is 5.56 Å². The first kappa shape index (κ1) is 10.8. The van der Waals surface area contributed by atoms with E-state index in [0.29, 0.717) is 29.5 Å². The molecule has 0 amide bonds. The van der Waals surface area contributed by atoms with Crippen LogP contribution in [0, 0.1) is 11.3 Å². The predicted molar refractivity (Wildman–Crippen MR) is 56.1 cm³/mol. The van der Waals surface area contributed by atoms with E-state index >= 15 is 0 Å². The molecule has 0 aliphatic carbocycles. The quantitative estimate of drug-likeness (QED) is 0.736. The summed E-state index contributed by atoms with van der Waals surface area (Å²) in [5, 5.41) is 12.1. The van der Waals surface area contributed by atoms with Crippen molar-refractivity contribution in [2.75, 3.05) is 18.4 Å². The summed E-state index contributed by atoms with van der Waals surface area (Å²) >= 11 is 5.91. The Bertz CT molecular complexity index is 345. The van der Waals surface area contributed by atoms with Crippen LogP contribution in [-0.2, 0) is 0 Å². The average molecular weight is 211 g/mol. The van der Waals surface area contributed by atoms with E-state index in [1.807, 2.05) is 6.07 Å². The first-order chi connectivity index (χ1) is 6.79. The zero-order valence-corrected chi connectivity index (χ0v) is 8.38. The summed E-state index contributed by atoms with van der Waals surface area (Å²) in [5.41, 5.74) is 5.77. The maximum absolute atomic E-state index is 8.70. The van der Waals surface area contributed by atoms with Crippen molar-refractivity contribution < 1.29 is 0 Å². The lowest BCUT2D eigenvalue weighted by Crippen LogP contribution is -2.09. The van der Waals surface area contributed by atoms with Crippen LogP contribution in [0.3, 0.4) is 0 Å². The third kappa shape index (κ3) is 2.59. The molecule has 0 aliphatic heterocycles. The SMILES string of the molecule is N#Cc1ccnc(NCCCN)c1Cl. The largest absolute Gasteiger partial charge is 0.369 e. The van der Waals surface area contributed by atoms with E-state index < -0.39 is 0 Å². The Balaban J connectivity index is 2.73. The molecule has 0 spiro atoms. The minimum absolute atomic E-state index is 0.368. The minimum Gasteiger partial charge on any atom is -0.369 e. The van der Waals surface area contributed by atoms with Gasteiger partial charge in [-0.3, -0.25) is 0 Å². The van der Waals surface area contributed by atoms with Gasteiger partial charge in [0.1, 0.15) is 16.9 Å². The van der Waals surface area contributed by atoms with Crippen molar-refractivity contribution in [3.63, 3.8) is 0 Å². The van der Waals surface area contributed by atoms with Gasteiger partial charge < -0.3 is 11.1 Å². The molecule has 74 valence electrons. The third-order valence-corrected chi connectivity index (χ3v) is 2.07. The number of nitrogens with one attached hydrogen (secondary N) is 1. The van der Waals surface area contributed by atoms with Gasteiger partial charge >= 0.3 is 0 Å². The summed E-state index contributed by atoms with van der Waals surface area (Å²) in [6.45, 7) is 1.32. The molecule has 0 aromatic carbocycles. The highest BCUT2D eigenvalue weighted by atomic mass is 35.5. The van der Waals surface area contributed by atoms with E-state index in [2.05, 4.69) is 10.3 Å². The Morgan fingerprint density at radius 3 is 3.07 bits per heavy atom. The predicted octanol–water partition coefficient (Wildman–Crippen LogP) is 1.37. The van der Waals surface area contributed by atoms with Crippen molar-refractivity contribution in [3.05, 3.63) is 22.8 Å². The summed E-state index contributed by atoms with van der Waals surface area (Å²) in [4.78, 5) is 4.02. The smallest absolute Gasteiger partial charge is 0.146 e. The Kier molecular flexibility index (Phi) is 4.17. The Morgan fingerprint density at radius 1 is 1.64 bits per heavy atom. The van der Waals surface area contributed by atoms with Crippen molar-refractivity contribution in [2.45, 2.75) is 6.42 Å². The lowest BCUT2D eigenvalue weighted by atomic mass is 10.3. The van der Waals surface area contributed by atoms with Gasteiger partial charge in [-0.2, -0.15) is 5.26 Å². The normalized spacial score (nSPS) is 9.50.